The van der Waals surface area contributed by atoms with Crippen LogP contribution in [-0.2, 0) is 95.2 Å². The first-order valence-corrected chi connectivity index (χ1v) is 51.7. The van der Waals surface area contributed by atoms with E-state index in [0.717, 1.165) is 105 Å². The largest absolute Gasteiger partial charge is 0.477 e. The average molecular weight is 2080 g/mol. The molecule has 0 aromatic heterocycles. The Kier molecular flexibility index (Phi) is 57.7. The van der Waals surface area contributed by atoms with Gasteiger partial charge in [-0.25, -0.2) is 14.4 Å². The second-order valence-corrected chi connectivity index (χ2v) is 39.2. The number of carboxylic acid groups (broad SMARTS) is 3. The van der Waals surface area contributed by atoms with Crippen LogP contribution in [0.4, 0.5) is 0 Å². The fourth-order valence-corrected chi connectivity index (χ4v) is 19.4. The molecule has 35 atom stereocenters. The van der Waals surface area contributed by atoms with E-state index in [-0.39, 0.29) is 6.42 Å². The van der Waals surface area contributed by atoms with Gasteiger partial charge in [-0.3, -0.25) is 19.2 Å². The Morgan fingerprint density at radius 3 is 1.16 bits per heavy atom. The van der Waals surface area contributed by atoms with Crippen LogP contribution in [0, 0.1) is 5.92 Å². The maximum atomic E-state index is 14.5. The topological polar surface area (TPSA) is 741 Å². The quantitative estimate of drug-likeness (QED) is 0.0269. The first kappa shape index (κ1) is 127. The lowest BCUT2D eigenvalue weighted by molar-refractivity contribution is -0.404. The number of rotatable bonds is 71. The van der Waals surface area contributed by atoms with Gasteiger partial charge in [0.2, 0.25) is 23.6 Å². The molecule has 6 heterocycles. The molecule has 26 N–H and O–H groups in total. The number of hydrogen-bond acceptors (Lipinski definition) is 39. The van der Waals surface area contributed by atoms with E-state index in [1.807, 2.05) is 0 Å². The van der Waals surface area contributed by atoms with Crippen molar-refractivity contribution in [2.75, 3.05) is 46.2 Å². The molecule has 6 saturated heterocycles. The molecule has 6 fully saturated rings. The molecule has 6 aliphatic rings. The number of amides is 4. The van der Waals surface area contributed by atoms with Gasteiger partial charge in [-0.1, -0.05) is 205 Å². The number of carbonyl (C=O) groups excluding carboxylic acids is 5. The summed E-state index contributed by atoms with van der Waals surface area (Å²) < 4.78 is 72.1. The molecule has 6 aliphatic heterocycles. The molecule has 0 radical (unpaired) electrons. The van der Waals surface area contributed by atoms with Gasteiger partial charge in [0.05, 0.1) is 101 Å². The third-order valence-electron chi connectivity index (χ3n) is 27.4. The normalized spacial score (nSPS) is 32.8. The Balaban J connectivity index is 1.26. The summed E-state index contributed by atoms with van der Waals surface area (Å²) in [6, 6.07) is -7.30. The van der Waals surface area contributed by atoms with Crippen LogP contribution in [0.5, 0.6) is 0 Å². The highest BCUT2D eigenvalue weighted by molar-refractivity contribution is 5.79. The van der Waals surface area contributed by atoms with Gasteiger partial charge in [0.15, 0.2) is 18.9 Å². The number of carboxylic acids is 3. The van der Waals surface area contributed by atoms with E-state index in [9.17, 15) is 151 Å². The zero-order valence-corrected chi connectivity index (χ0v) is 84.1. The van der Waals surface area contributed by atoms with Crippen LogP contribution >= 0.6 is 0 Å². The molecule has 4 amide bonds. The lowest BCUT2D eigenvalue weighted by Gasteiger charge is -2.53. The van der Waals surface area contributed by atoms with Crippen LogP contribution in [0.1, 0.15) is 286 Å². The minimum absolute atomic E-state index is 0.0801. The molecule has 46 nitrogen and oxygen atoms in total. The van der Waals surface area contributed by atoms with Crippen LogP contribution in [0.2, 0.25) is 0 Å². The standard InChI is InChI=1S/C98H170N4O42/c1-7-9-11-13-15-17-19-21-22-23-24-25-26-27-28-29-30-32-34-36-38-40-42-44-72(118)102-61(62(113)43-41-39-37-35-33-31-20-18-16-14-12-10-8-2)55-133-91-82(125)81(124)84(70(53-107)135-91)137-92-83(126)89(85(71(54-108)136-92)138-90-60(45-56(3)109)76(119)78(121)67(50-104)134-90)144-98(95(131)132)48-65(116)75(101-59(6)112)88(143-98)80(123)69(52-106)140-97(94(129)130)47-64(115)74(100-58(5)111)87(142-97)79(122)68(51-105)139-96(93(127)128)46-63(114)73(99-57(4)110)86(141-96)77(120)66(117)49-103/h21-22,41,43,60-71,73-92,103-108,113-117,119-126H,7-20,23-40,42,44-55H2,1-6H3,(H,99,110)(H,100,111)(H,101,112)(H,102,118)(H,127,128)(H,129,130)(H,131,132)/t60-,61+,62-,63+,64+,65+,66-,67-,68-,69-,70-,71-,73-,74-,75-,76-,77-,78+,79-,80-,81-,82-,83-,84-,85+,86?,87?,88?,89-,90+,91-,92+,96-,97-,98+/m1/s1. The minimum Gasteiger partial charge on any atom is -0.477 e. The molecule has 0 aromatic carbocycles. The second-order valence-electron chi connectivity index (χ2n) is 39.2. The summed E-state index contributed by atoms with van der Waals surface area (Å²) in [5, 5.41) is 262. The van der Waals surface area contributed by atoms with E-state index in [4.69, 9.17) is 56.8 Å². The van der Waals surface area contributed by atoms with Crippen molar-refractivity contribution >= 4 is 47.3 Å². The fraction of sp³-hybridized carbons (Fsp3) is 0.878. The number of Topliss-reactive ketones (excluding diaryl/α,β-unsaturated/α-hetero) is 1. The minimum atomic E-state index is -3.71. The van der Waals surface area contributed by atoms with E-state index in [1.165, 1.54) is 128 Å². The van der Waals surface area contributed by atoms with Crippen molar-refractivity contribution in [2.45, 2.75) is 492 Å². The highest BCUT2D eigenvalue weighted by Gasteiger charge is 2.65. The van der Waals surface area contributed by atoms with Crippen LogP contribution in [0.25, 0.3) is 0 Å². The van der Waals surface area contributed by atoms with Crippen molar-refractivity contribution in [3.05, 3.63) is 24.3 Å². The lowest BCUT2D eigenvalue weighted by atomic mass is 9.86. The zero-order chi connectivity index (χ0) is 107. The van der Waals surface area contributed by atoms with Crippen molar-refractivity contribution in [1.29, 1.82) is 0 Å². The predicted octanol–water partition coefficient (Wildman–Crippen LogP) is -0.532. The molecule has 0 bridgehead atoms. The van der Waals surface area contributed by atoms with Gasteiger partial charge in [0, 0.05) is 58.8 Å². The number of aliphatic carboxylic acids is 3. The molecule has 834 valence electrons. The van der Waals surface area contributed by atoms with Crippen molar-refractivity contribution in [2.24, 2.45) is 5.92 Å². The Bertz CT molecular complexity index is 3770. The number of carbonyl (C=O) groups is 8. The third kappa shape index (κ3) is 38.5. The average Bonchev–Trinajstić information content (AvgIpc) is 0.744. The first-order chi connectivity index (χ1) is 68.6. The number of aliphatic hydroxyl groups is 19. The summed E-state index contributed by atoms with van der Waals surface area (Å²) in [6.07, 6.45) is -22.0. The SMILES string of the molecule is CCCCCCCCC=CCCCCCCCCCCCCCCCC(=O)N[C@@H](CO[C@@H]1O[C@H](CO)[C@@H](O[C@@H]2O[C@H](CO)[C@H](O[C@@H]3O[C@H](CO)[C@H](O)[C@H](O)[C@H]3CC(C)=O)[C@H](O[C@]3(C(=O)O)C[C@H](O)[C@@H](NC(C)=O)C([C@H](O)[C@@H](CO)O[C@]4(C(=O)O)C[C@H](O)[C@@H](NC(C)=O)C([C@H](O)[C@@H](CO)O[C@]5(C(=O)O)C[C@H](O)[C@@H](NC(C)=O)C([C@H](O)[C@H](O)CO)O5)O4)O3)[C@H]2O)[C@H](O)[C@H]1O)[C@H](O)C=CCCCCCCCCCCCCC. The van der Waals surface area contributed by atoms with Crippen molar-refractivity contribution in [3.63, 3.8) is 0 Å². The van der Waals surface area contributed by atoms with Gasteiger partial charge < -0.3 is 195 Å². The lowest BCUT2D eigenvalue weighted by Crippen LogP contribution is -2.72. The van der Waals surface area contributed by atoms with Crippen LogP contribution < -0.4 is 21.3 Å². The molecular formula is C98H170N4O42. The number of ketones is 1. The van der Waals surface area contributed by atoms with Gasteiger partial charge in [0.25, 0.3) is 17.4 Å². The number of hydrogen-bond donors (Lipinski definition) is 26. The third-order valence-corrected chi connectivity index (χ3v) is 27.4. The number of aliphatic hydroxyl groups excluding tert-OH is 19. The van der Waals surface area contributed by atoms with E-state index in [0.29, 0.717) is 12.8 Å². The number of ether oxygens (including phenoxy) is 12. The Morgan fingerprint density at radius 1 is 0.396 bits per heavy atom. The molecule has 6 rings (SSSR count). The Morgan fingerprint density at radius 2 is 0.764 bits per heavy atom. The summed E-state index contributed by atoms with van der Waals surface area (Å²) >= 11 is 0. The maximum absolute atomic E-state index is 14.5. The molecule has 144 heavy (non-hydrogen) atoms. The van der Waals surface area contributed by atoms with Crippen LogP contribution in [0.15, 0.2) is 24.3 Å². The highest BCUT2D eigenvalue weighted by Crippen LogP contribution is 2.45. The van der Waals surface area contributed by atoms with Gasteiger partial charge in [-0.2, -0.15) is 0 Å². The van der Waals surface area contributed by atoms with Crippen molar-refractivity contribution in [1.82, 2.24) is 21.3 Å². The maximum Gasteiger partial charge on any atom is 0.364 e. The van der Waals surface area contributed by atoms with E-state index in [2.05, 4.69) is 47.3 Å². The monoisotopic (exact) mass is 2080 g/mol. The summed E-state index contributed by atoms with van der Waals surface area (Å²) in [5.74, 6) is -23.6. The van der Waals surface area contributed by atoms with Gasteiger partial charge in [-0.05, 0) is 51.9 Å². The summed E-state index contributed by atoms with van der Waals surface area (Å²) in [7, 11) is 0. The highest BCUT2D eigenvalue weighted by atomic mass is 16.8. The molecular weight excluding hydrogens is 1910 g/mol. The van der Waals surface area contributed by atoms with Gasteiger partial charge >= 0.3 is 17.9 Å². The molecule has 0 aliphatic carbocycles. The van der Waals surface area contributed by atoms with E-state index in [1.54, 1.807) is 6.08 Å². The Labute approximate surface area is 841 Å². The van der Waals surface area contributed by atoms with Crippen LogP contribution in [0.3, 0.4) is 0 Å². The van der Waals surface area contributed by atoms with E-state index < -0.39 is 332 Å². The molecule has 3 unspecified atom stereocenters. The molecule has 0 spiro atoms. The second kappa shape index (κ2) is 65.4. The molecule has 0 saturated carbocycles. The number of allylic oxidation sites excluding steroid dienone is 3. The van der Waals surface area contributed by atoms with Gasteiger partial charge in [-0.15, -0.1) is 0 Å². The van der Waals surface area contributed by atoms with Crippen molar-refractivity contribution < 1.29 is 208 Å². The predicted molar refractivity (Wildman–Crippen MR) is 507 cm³/mol. The molecule has 46 heteroatoms. The number of nitrogens with one attached hydrogen (secondary N) is 4. The first-order valence-electron chi connectivity index (χ1n) is 51.7. The fourth-order valence-electron chi connectivity index (χ4n) is 19.4. The molecule has 0 aromatic rings. The Hall–Kier alpha value is -5.80. The van der Waals surface area contributed by atoms with Gasteiger partial charge in [0.1, 0.15) is 122 Å². The van der Waals surface area contributed by atoms with Crippen molar-refractivity contribution in [3.8, 4) is 0 Å². The summed E-state index contributed by atoms with van der Waals surface area (Å²) in [6.45, 7) is -0.569. The van der Waals surface area contributed by atoms with Crippen LogP contribution in [-0.4, -0.2) is 413 Å². The summed E-state index contributed by atoms with van der Waals surface area (Å²) in [5.41, 5.74) is 0. The smallest absolute Gasteiger partial charge is 0.364 e. The number of unbranched alkanes of at least 4 members (excludes halogenated alkanes) is 30. The zero-order valence-electron chi connectivity index (χ0n) is 84.1. The van der Waals surface area contributed by atoms with E-state index >= 15 is 0 Å². The summed E-state index contributed by atoms with van der Waals surface area (Å²) in [4.78, 5) is 107.